The monoisotopic (exact) mass is 279 g/mol. The first-order valence-electron chi connectivity index (χ1n) is 3.12. The average Bonchev–Trinajstić information content (AvgIpc) is 2.58. The van der Waals surface area contributed by atoms with E-state index in [1.807, 2.05) is 17.6 Å². The molecule has 12 heavy (non-hydrogen) atoms. The molecule has 0 unspecified atom stereocenters. The van der Waals surface area contributed by atoms with Gasteiger partial charge in [0.2, 0.25) is 0 Å². The molecule has 0 fully saturated rings. The molecule has 5 heteroatoms. The van der Waals surface area contributed by atoms with Gasteiger partial charge < -0.3 is 0 Å². The molecule has 0 amide bonds. The van der Waals surface area contributed by atoms with Crippen molar-refractivity contribution in [3.05, 3.63) is 25.8 Å². The second-order valence-corrected chi connectivity index (χ2v) is 5.97. The quantitative estimate of drug-likeness (QED) is 0.759. The minimum Gasteiger partial charge on any atom is -0.243 e. The molecular weight excluding hydrogens is 278 g/mol. The summed E-state index contributed by atoms with van der Waals surface area (Å²) in [7, 11) is 0. The van der Waals surface area contributed by atoms with Crippen molar-refractivity contribution in [2.75, 3.05) is 0 Å². The highest BCUT2D eigenvalue weighted by atomic mass is 79.9. The van der Waals surface area contributed by atoms with E-state index in [0.717, 1.165) is 18.7 Å². The molecule has 0 atom stereocenters. The molecule has 2 rings (SSSR count). The summed E-state index contributed by atoms with van der Waals surface area (Å²) < 4.78 is 1.85. The Hall–Kier alpha value is 0.1000. The predicted molar refractivity (Wildman–Crippen MR) is 58.1 cm³/mol. The van der Waals surface area contributed by atoms with Crippen LogP contribution in [0.2, 0.25) is 4.34 Å². The molecule has 2 heterocycles. The molecule has 0 aliphatic carbocycles. The highest BCUT2D eigenvalue weighted by Gasteiger charge is 2.07. The predicted octanol–water partition coefficient (Wildman–Crippen LogP) is 4.29. The van der Waals surface area contributed by atoms with Crippen LogP contribution in [0, 0.1) is 0 Å². The van der Waals surface area contributed by atoms with Gasteiger partial charge in [-0.2, -0.15) is 0 Å². The van der Waals surface area contributed by atoms with Crippen molar-refractivity contribution in [1.29, 1.82) is 0 Å². The molecule has 2 aromatic heterocycles. The summed E-state index contributed by atoms with van der Waals surface area (Å²) in [5.74, 6) is 0. The maximum Gasteiger partial charge on any atom is 0.105 e. The van der Waals surface area contributed by atoms with Crippen LogP contribution in [0.15, 0.2) is 21.4 Å². The second-order valence-electron chi connectivity index (χ2n) is 2.08. The second kappa shape index (κ2) is 3.46. The first-order valence-corrected chi connectivity index (χ1v) is 5.99. The zero-order chi connectivity index (χ0) is 8.55. The van der Waals surface area contributed by atoms with Gasteiger partial charge in [-0.1, -0.05) is 11.6 Å². The summed E-state index contributed by atoms with van der Waals surface area (Å²) in [6.45, 7) is 0. The van der Waals surface area contributed by atoms with Gasteiger partial charge >= 0.3 is 0 Å². The van der Waals surface area contributed by atoms with Gasteiger partial charge in [-0.15, -0.1) is 22.7 Å². The molecule has 0 aliphatic rings. The Bertz CT molecular complexity index is 396. The fraction of sp³-hybridized carbons (Fsp3) is 0. The van der Waals surface area contributed by atoms with Gasteiger partial charge in [0, 0.05) is 0 Å². The largest absolute Gasteiger partial charge is 0.243 e. The topological polar surface area (TPSA) is 12.9 Å². The highest BCUT2D eigenvalue weighted by Crippen LogP contribution is 2.36. The van der Waals surface area contributed by atoms with E-state index in [2.05, 4.69) is 20.9 Å². The van der Waals surface area contributed by atoms with Crippen molar-refractivity contribution in [2.45, 2.75) is 0 Å². The lowest BCUT2D eigenvalue weighted by atomic mass is 10.4. The first-order chi connectivity index (χ1) is 5.77. The van der Waals surface area contributed by atoms with Gasteiger partial charge in [0.05, 0.1) is 18.5 Å². The van der Waals surface area contributed by atoms with E-state index in [9.17, 15) is 0 Å². The Morgan fingerprint density at radius 2 is 2.25 bits per heavy atom. The zero-order valence-electron chi connectivity index (χ0n) is 5.75. The lowest BCUT2D eigenvalue weighted by Crippen LogP contribution is -1.69. The van der Waals surface area contributed by atoms with Crippen molar-refractivity contribution < 1.29 is 0 Å². The van der Waals surface area contributed by atoms with E-state index < -0.39 is 0 Å². The standard InChI is InChI=1S/C7H3BrClNS2/c8-7-6(10-3-11-7)4-1-2-5(9)12-4/h1-3H. The zero-order valence-corrected chi connectivity index (χ0v) is 9.73. The smallest absolute Gasteiger partial charge is 0.105 e. The van der Waals surface area contributed by atoms with Crippen molar-refractivity contribution in [3.63, 3.8) is 0 Å². The molecule has 0 spiro atoms. The SMILES string of the molecule is Clc1ccc(-c2ncsc2Br)s1. The van der Waals surface area contributed by atoms with Gasteiger partial charge in [0.25, 0.3) is 0 Å². The molecule has 62 valence electrons. The Balaban J connectivity index is 2.50. The van der Waals surface area contributed by atoms with Crippen LogP contribution in [0.25, 0.3) is 10.6 Å². The van der Waals surface area contributed by atoms with Crippen LogP contribution in [-0.2, 0) is 0 Å². The molecule has 0 saturated carbocycles. The number of hydrogen-bond acceptors (Lipinski definition) is 3. The number of thiazole rings is 1. The molecule has 1 nitrogen and oxygen atoms in total. The lowest BCUT2D eigenvalue weighted by molar-refractivity contribution is 1.42. The van der Waals surface area contributed by atoms with Crippen LogP contribution in [-0.4, -0.2) is 4.98 Å². The van der Waals surface area contributed by atoms with E-state index in [4.69, 9.17) is 11.6 Å². The first kappa shape index (κ1) is 8.69. The van der Waals surface area contributed by atoms with Crippen molar-refractivity contribution in [3.8, 4) is 10.6 Å². The van der Waals surface area contributed by atoms with Gasteiger partial charge in [-0.05, 0) is 28.1 Å². The van der Waals surface area contributed by atoms with E-state index in [1.165, 1.54) is 11.3 Å². The maximum atomic E-state index is 5.81. The lowest BCUT2D eigenvalue weighted by Gasteiger charge is -1.88. The summed E-state index contributed by atoms with van der Waals surface area (Å²) in [4.78, 5) is 5.33. The average molecular weight is 281 g/mol. The normalized spacial score (nSPS) is 10.5. The summed E-state index contributed by atoms with van der Waals surface area (Å²) >= 11 is 12.4. The van der Waals surface area contributed by atoms with Crippen LogP contribution in [0.5, 0.6) is 0 Å². The Morgan fingerprint density at radius 1 is 1.42 bits per heavy atom. The fourth-order valence-electron chi connectivity index (χ4n) is 0.834. The molecular formula is C7H3BrClNS2. The number of hydrogen-bond donors (Lipinski definition) is 0. The minimum atomic E-state index is 0.796. The summed E-state index contributed by atoms with van der Waals surface area (Å²) in [6.07, 6.45) is 0. The van der Waals surface area contributed by atoms with Crippen LogP contribution in [0.4, 0.5) is 0 Å². The summed E-state index contributed by atoms with van der Waals surface area (Å²) in [5, 5.41) is 0. The van der Waals surface area contributed by atoms with Gasteiger partial charge in [0.1, 0.15) is 5.69 Å². The number of halogens is 2. The summed E-state index contributed by atoms with van der Waals surface area (Å²) in [5.41, 5.74) is 2.80. The van der Waals surface area contributed by atoms with Crippen molar-refractivity contribution in [1.82, 2.24) is 4.98 Å². The molecule has 2 aromatic rings. The van der Waals surface area contributed by atoms with Gasteiger partial charge in [0.15, 0.2) is 0 Å². The van der Waals surface area contributed by atoms with Crippen molar-refractivity contribution >= 4 is 50.2 Å². The van der Waals surface area contributed by atoms with E-state index >= 15 is 0 Å². The highest BCUT2D eigenvalue weighted by molar-refractivity contribution is 9.11. The molecule has 0 saturated heterocycles. The van der Waals surface area contributed by atoms with Crippen LogP contribution in [0.1, 0.15) is 0 Å². The Labute approximate surface area is 91.2 Å². The van der Waals surface area contributed by atoms with Crippen molar-refractivity contribution in [2.24, 2.45) is 0 Å². The van der Waals surface area contributed by atoms with Crippen LogP contribution in [0.3, 0.4) is 0 Å². The maximum absolute atomic E-state index is 5.81. The number of nitrogens with zero attached hydrogens (tertiary/aromatic N) is 1. The molecule has 0 N–H and O–H groups in total. The van der Waals surface area contributed by atoms with E-state index in [0.29, 0.717) is 0 Å². The third kappa shape index (κ3) is 1.57. The third-order valence-electron chi connectivity index (χ3n) is 1.33. The van der Waals surface area contributed by atoms with Gasteiger partial charge in [-0.25, -0.2) is 4.98 Å². The third-order valence-corrected chi connectivity index (χ3v) is 4.12. The number of aromatic nitrogens is 1. The fourth-order valence-corrected chi connectivity index (χ4v) is 3.17. The van der Waals surface area contributed by atoms with Gasteiger partial charge in [-0.3, -0.25) is 0 Å². The van der Waals surface area contributed by atoms with E-state index in [1.54, 1.807) is 11.3 Å². The molecule has 0 aromatic carbocycles. The Kier molecular flexibility index (Phi) is 2.50. The molecule has 0 bridgehead atoms. The minimum absolute atomic E-state index is 0.796. The Morgan fingerprint density at radius 3 is 2.75 bits per heavy atom. The van der Waals surface area contributed by atoms with Crippen LogP contribution >= 0.6 is 50.2 Å². The molecule has 0 aliphatic heterocycles. The van der Waals surface area contributed by atoms with E-state index in [-0.39, 0.29) is 0 Å². The molecule has 0 radical (unpaired) electrons. The van der Waals surface area contributed by atoms with Crippen LogP contribution < -0.4 is 0 Å². The summed E-state index contributed by atoms with van der Waals surface area (Å²) in [6, 6.07) is 3.86. The number of rotatable bonds is 1. The number of thiophene rings is 1.